The first kappa shape index (κ1) is 18.6. The van der Waals surface area contributed by atoms with Crippen LogP contribution in [0.2, 0.25) is 0 Å². The van der Waals surface area contributed by atoms with Gasteiger partial charge in [-0.3, -0.25) is 4.79 Å². The molecule has 1 heterocycles. The van der Waals surface area contributed by atoms with E-state index in [1.165, 1.54) is 0 Å². The summed E-state index contributed by atoms with van der Waals surface area (Å²) < 4.78 is 16.2. The van der Waals surface area contributed by atoms with Gasteiger partial charge in [0.2, 0.25) is 0 Å². The molecule has 0 atom stereocenters. The maximum Gasteiger partial charge on any atom is 0.258 e. The van der Waals surface area contributed by atoms with Gasteiger partial charge in [-0.25, -0.2) is 0 Å². The molecule has 146 valence electrons. The second kappa shape index (κ2) is 8.48. The highest BCUT2D eigenvalue weighted by atomic mass is 16.5. The molecule has 4 rings (SSSR count). The number of rotatable bonds is 7. The molecule has 0 unspecified atom stereocenters. The molecule has 0 bridgehead atoms. The molecule has 29 heavy (non-hydrogen) atoms. The number of hydrogen-bond acceptors (Lipinski definition) is 5. The zero-order valence-corrected chi connectivity index (χ0v) is 15.9. The highest BCUT2D eigenvalue weighted by Crippen LogP contribution is 2.24. The van der Waals surface area contributed by atoms with E-state index in [9.17, 15) is 4.79 Å². The van der Waals surface area contributed by atoms with E-state index in [2.05, 4.69) is 10.5 Å². The van der Waals surface area contributed by atoms with Gasteiger partial charge in [0.15, 0.2) is 12.4 Å². The van der Waals surface area contributed by atoms with Crippen molar-refractivity contribution in [1.82, 2.24) is 10.5 Å². The van der Waals surface area contributed by atoms with Crippen molar-refractivity contribution in [1.29, 1.82) is 0 Å². The molecule has 0 radical (unpaired) electrons. The van der Waals surface area contributed by atoms with E-state index in [1.54, 1.807) is 13.2 Å². The van der Waals surface area contributed by atoms with E-state index in [4.69, 9.17) is 14.0 Å². The molecule has 0 fully saturated rings. The number of fused-ring (bicyclic) bond motifs is 1. The number of hydrogen-bond donors (Lipinski definition) is 1. The lowest BCUT2D eigenvalue weighted by Gasteiger charge is -2.07. The predicted octanol–water partition coefficient (Wildman–Crippen LogP) is 4.20. The third kappa shape index (κ3) is 4.55. The van der Waals surface area contributed by atoms with Gasteiger partial charge < -0.3 is 19.3 Å². The predicted molar refractivity (Wildman–Crippen MR) is 110 cm³/mol. The van der Waals surface area contributed by atoms with Gasteiger partial charge in [0, 0.05) is 11.6 Å². The Morgan fingerprint density at radius 2 is 1.83 bits per heavy atom. The number of ether oxygens (including phenoxy) is 2. The third-order valence-corrected chi connectivity index (χ3v) is 4.47. The van der Waals surface area contributed by atoms with Gasteiger partial charge in [-0.05, 0) is 35.0 Å². The summed E-state index contributed by atoms with van der Waals surface area (Å²) in [5.41, 5.74) is 1.48. The zero-order valence-electron chi connectivity index (χ0n) is 15.9. The first-order valence-electron chi connectivity index (χ1n) is 9.19. The average molecular weight is 388 g/mol. The third-order valence-electron chi connectivity index (χ3n) is 4.47. The number of benzene rings is 3. The smallest absolute Gasteiger partial charge is 0.258 e. The molecule has 6 heteroatoms. The number of aromatic nitrogens is 1. The van der Waals surface area contributed by atoms with Crippen molar-refractivity contribution in [2.24, 2.45) is 0 Å². The number of amides is 1. The Bertz CT molecular complexity index is 1140. The number of nitrogens with zero attached hydrogens (tertiary/aromatic N) is 1. The van der Waals surface area contributed by atoms with Crippen LogP contribution in [0.25, 0.3) is 22.1 Å². The highest BCUT2D eigenvalue weighted by Gasteiger charge is 2.10. The van der Waals surface area contributed by atoms with Crippen molar-refractivity contribution in [3.63, 3.8) is 0 Å². The quantitative estimate of drug-likeness (QED) is 0.514. The fourth-order valence-corrected chi connectivity index (χ4v) is 2.95. The number of methoxy groups -OCH3 is 1. The summed E-state index contributed by atoms with van der Waals surface area (Å²) in [6, 6.07) is 23.0. The average Bonchev–Trinajstić information content (AvgIpc) is 3.25. The van der Waals surface area contributed by atoms with E-state index < -0.39 is 0 Å². The van der Waals surface area contributed by atoms with E-state index in [1.807, 2.05) is 66.7 Å². The molecule has 0 spiro atoms. The number of nitrogens with one attached hydrogen (secondary N) is 1. The molecule has 4 aromatic rings. The molecule has 1 N–H and O–H groups in total. The summed E-state index contributed by atoms with van der Waals surface area (Å²) in [7, 11) is 1.61. The van der Waals surface area contributed by atoms with E-state index in [0.29, 0.717) is 17.2 Å². The van der Waals surface area contributed by atoms with E-state index in [-0.39, 0.29) is 19.1 Å². The Morgan fingerprint density at radius 3 is 2.69 bits per heavy atom. The van der Waals surface area contributed by atoms with E-state index >= 15 is 0 Å². The summed E-state index contributed by atoms with van der Waals surface area (Å²) >= 11 is 0. The molecular formula is C23H20N2O4. The number of carbonyl (C=O) groups is 1. The lowest BCUT2D eigenvalue weighted by molar-refractivity contribution is -0.123. The van der Waals surface area contributed by atoms with Crippen molar-refractivity contribution in [2.75, 3.05) is 13.7 Å². The molecule has 6 nitrogen and oxygen atoms in total. The normalized spacial score (nSPS) is 10.7. The van der Waals surface area contributed by atoms with Crippen LogP contribution >= 0.6 is 0 Å². The van der Waals surface area contributed by atoms with Crippen LogP contribution in [0.5, 0.6) is 11.5 Å². The SMILES string of the molecule is COc1cccc(-c2cc(CNC(=O)COc3ccc4ccccc4c3)no2)c1. The largest absolute Gasteiger partial charge is 0.497 e. The summed E-state index contributed by atoms with van der Waals surface area (Å²) in [5.74, 6) is 1.77. The van der Waals surface area contributed by atoms with Gasteiger partial charge in [0.05, 0.1) is 13.7 Å². The van der Waals surface area contributed by atoms with Crippen molar-refractivity contribution in [3.05, 3.63) is 78.5 Å². The number of carbonyl (C=O) groups excluding carboxylic acids is 1. The Kier molecular flexibility index (Phi) is 5.42. The second-order valence-electron chi connectivity index (χ2n) is 6.49. The Balaban J connectivity index is 1.31. The molecule has 0 aliphatic carbocycles. The minimum Gasteiger partial charge on any atom is -0.497 e. The second-order valence-corrected chi connectivity index (χ2v) is 6.49. The fraction of sp³-hybridized carbons (Fsp3) is 0.130. The van der Waals surface area contributed by atoms with Gasteiger partial charge in [-0.2, -0.15) is 0 Å². The first-order chi connectivity index (χ1) is 14.2. The van der Waals surface area contributed by atoms with Crippen LogP contribution in [-0.4, -0.2) is 24.8 Å². The molecule has 3 aromatic carbocycles. The highest BCUT2D eigenvalue weighted by molar-refractivity contribution is 5.84. The van der Waals surface area contributed by atoms with Crippen LogP contribution in [0, 0.1) is 0 Å². The monoisotopic (exact) mass is 388 g/mol. The lowest BCUT2D eigenvalue weighted by Crippen LogP contribution is -2.28. The minimum absolute atomic E-state index is 0.0705. The van der Waals surface area contributed by atoms with Crippen LogP contribution in [0.15, 0.2) is 77.3 Å². The summed E-state index contributed by atoms with van der Waals surface area (Å²) in [5, 5.41) is 8.98. The van der Waals surface area contributed by atoms with Gasteiger partial charge >= 0.3 is 0 Å². The Hall–Kier alpha value is -3.80. The topological polar surface area (TPSA) is 73.6 Å². The van der Waals surface area contributed by atoms with Crippen LogP contribution in [-0.2, 0) is 11.3 Å². The van der Waals surface area contributed by atoms with Crippen LogP contribution < -0.4 is 14.8 Å². The van der Waals surface area contributed by atoms with Crippen molar-refractivity contribution < 1.29 is 18.8 Å². The molecule has 0 aliphatic heterocycles. The van der Waals surface area contributed by atoms with Crippen molar-refractivity contribution in [3.8, 4) is 22.8 Å². The van der Waals surface area contributed by atoms with Crippen LogP contribution in [0.4, 0.5) is 0 Å². The molecule has 1 amide bonds. The first-order valence-corrected chi connectivity index (χ1v) is 9.19. The standard InChI is InChI=1S/C23H20N2O4/c1-27-20-8-4-7-18(12-20)22-13-19(25-29-22)14-24-23(26)15-28-21-10-9-16-5-2-3-6-17(16)11-21/h2-13H,14-15H2,1H3,(H,24,26). The molecule has 0 aliphatic rings. The molecular weight excluding hydrogens is 368 g/mol. The molecule has 1 aromatic heterocycles. The van der Waals surface area contributed by atoms with Crippen molar-refractivity contribution in [2.45, 2.75) is 6.54 Å². The van der Waals surface area contributed by atoms with Gasteiger partial charge in [-0.1, -0.05) is 47.6 Å². The van der Waals surface area contributed by atoms with Crippen molar-refractivity contribution >= 4 is 16.7 Å². The fourth-order valence-electron chi connectivity index (χ4n) is 2.95. The van der Waals surface area contributed by atoms with E-state index in [0.717, 1.165) is 22.1 Å². The van der Waals surface area contributed by atoms with Crippen LogP contribution in [0.3, 0.4) is 0 Å². The van der Waals surface area contributed by atoms with Gasteiger partial charge in [0.1, 0.15) is 17.2 Å². The minimum atomic E-state index is -0.232. The van der Waals surface area contributed by atoms with Gasteiger partial charge in [-0.15, -0.1) is 0 Å². The summed E-state index contributed by atoms with van der Waals surface area (Å²) in [4.78, 5) is 12.1. The molecule has 0 saturated carbocycles. The lowest BCUT2D eigenvalue weighted by atomic mass is 10.1. The van der Waals surface area contributed by atoms with Crippen LogP contribution in [0.1, 0.15) is 5.69 Å². The Morgan fingerprint density at radius 1 is 0.966 bits per heavy atom. The zero-order chi connectivity index (χ0) is 20.1. The summed E-state index contributed by atoms with van der Waals surface area (Å²) in [6.07, 6.45) is 0. The maximum absolute atomic E-state index is 12.1. The maximum atomic E-state index is 12.1. The molecule has 0 saturated heterocycles. The van der Waals surface area contributed by atoms with Gasteiger partial charge in [0.25, 0.3) is 5.91 Å². The summed E-state index contributed by atoms with van der Waals surface area (Å²) in [6.45, 7) is 0.187. The Labute approximate surface area is 168 Å².